The molecule has 0 bridgehead atoms. The Morgan fingerprint density at radius 3 is 1.65 bits per heavy atom. The van der Waals surface area contributed by atoms with Crippen molar-refractivity contribution in [2.24, 2.45) is 10.9 Å². The van der Waals surface area contributed by atoms with E-state index < -0.39 is 11.8 Å². The highest BCUT2D eigenvalue weighted by Gasteiger charge is 2.32. The van der Waals surface area contributed by atoms with E-state index in [0.717, 1.165) is 48.1 Å². The third-order valence-electron chi connectivity index (χ3n) is 13.9. The number of Topliss-reactive ketones (excluding diaryl/α,β-unsaturated/α-hetero) is 1. The van der Waals surface area contributed by atoms with E-state index in [0.29, 0.717) is 178 Å². The molecule has 0 fully saturated rings. The van der Waals surface area contributed by atoms with E-state index >= 15 is 0 Å². The standard InChI is InChI=1S/C57H81N5O18.C9H16/c1-42-35-45-40-60-48-39-52(79-17-7-5-6-16-78-50-36-43(2)46(44(3)63)37-49(50)69-4)51(38-47(48)57(68)62(45)41-42)80-18-8-13-58-54(65)12-19-70-21-23-72-25-27-74-29-31-76-33-34-77-32-30-75-28-26-73-24-22-71-20-14-59-53(64)11-15-61-55(66)9-10-56(61)67;1-5-8(3)7-9(4)6-2/h9-10,36-41,45H,5-8,11-35H2,1-4H3,(H,58,65)(H,59,64);5-6,8H,1,7H2,2-4H3/b;9-6-. The van der Waals surface area contributed by atoms with Gasteiger partial charge in [0.15, 0.2) is 28.8 Å². The van der Waals surface area contributed by atoms with E-state index in [2.05, 4.69) is 49.1 Å². The first-order valence-corrected chi connectivity index (χ1v) is 30.9. The average molecular weight is 1250 g/mol. The average Bonchev–Trinajstić information content (AvgIpc) is 1.90. The quantitative estimate of drug-likeness (QED) is 0.0279. The molecule has 0 saturated carbocycles. The van der Waals surface area contributed by atoms with Gasteiger partial charge in [0, 0.05) is 68.7 Å². The number of carbonyl (C=O) groups excluding carboxylic acids is 6. The maximum absolute atomic E-state index is 13.7. The number of aliphatic imine (C=N–C) groups is 1. The van der Waals surface area contributed by atoms with Crippen molar-refractivity contribution in [3.63, 3.8) is 0 Å². The van der Waals surface area contributed by atoms with E-state index in [1.807, 2.05) is 32.2 Å². The molecule has 3 aliphatic heterocycles. The van der Waals surface area contributed by atoms with Crippen molar-refractivity contribution in [3.05, 3.63) is 89.2 Å². The van der Waals surface area contributed by atoms with Crippen LogP contribution in [0.15, 0.2) is 77.5 Å². The zero-order valence-corrected chi connectivity index (χ0v) is 53.5. The highest BCUT2D eigenvalue weighted by Crippen LogP contribution is 2.39. The van der Waals surface area contributed by atoms with Crippen molar-refractivity contribution in [3.8, 4) is 23.0 Å². The number of ketones is 1. The molecule has 2 aromatic carbocycles. The van der Waals surface area contributed by atoms with Crippen molar-refractivity contribution in [1.29, 1.82) is 0 Å². The van der Waals surface area contributed by atoms with E-state index in [1.54, 1.807) is 36.4 Å². The molecule has 2 unspecified atom stereocenters. The van der Waals surface area contributed by atoms with Gasteiger partial charge in [-0.1, -0.05) is 30.2 Å². The third-order valence-corrected chi connectivity index (χ3v) is 13.9. The maximum atomic E-state index is 13.7. The Balaban J connectivity index is 0.00000174. The summed E-state index contributed by atoms with van der Waals surface area (Å²) in [4.78, 5) is 80.4. The molecule has 23 nitrogen and oxygen atoms in total. The Morgan fingerprint density at radius 1 is 0.629 bits per heavy atom. The number of nitrogens with one attached hydrogen (secondary N) is 2. The first kappa shape index (κ1) is 74.6. The molecule has 23 heteroatoms. The topological polar surface area (TPSA) is 256 Å². The minimum Gasteiger partial charge on any atom is -0.493 e. The number of rotatable bonds is 48. The summed E-state index contributed by atoms with van der Waals surface area (Å²) >= 11 is 0. The number of ether oxygens (including phenoxy) is 12. The van der Waals surface area contributed by atoms with Crippen molar-refractivity contribution >= 4 is 47.2 Å². The number of imide groups is 1. The van der Waals surface area contributed by atoms with Gasteiger partial charge in [-0.25, -0.2) is 0 Å². The second kappa shape index (κ2) is 44.6. The van der Waals surface area contributed by atoms with Crippen LogP contribution in [0.3, 0.4) is 0 Å². The van der Waals surface area contributed by atoms with Crippen molar-refractivity contribution in [2.45, 2.75) is 99.0 Å². The van der Waals surface area contributed by atoms with Gasteiger partial charge >= 0.3 is 0 Å². The number of benzene rings is 2. The largest absolute Gasteiger partial charge is 0.493 e. The second-order valence-electron chi connectivity index (χ2n) is 21.2. The molecule has 5 amide bonds. The summed E-state index contributed by atoms with van der Waals surface area (Å²) in [6, 6.07) is 6.86. The monoisotopic (exact) mass is 1250 g/mol. The van der Waals surface area contributed by atoms with Crippen LogP contribution in [0, 0.1) is 12.8 Å². The van der Waals surface area contributed by atoms with Crippen LogP contribution < -0.4 is 29.6 Å². The van der Waals surface area contributed by atoms with Crippen molar-refractivity contribution in [1.82, 2.24) is 20.4 Å². The molecule has 2 atom stereocenters. The number of unbranched alkanes of at least 4 members (excludes halogenated alkanes) is 2. The molecule has 494 valence electrons. The first-order valence-electron chi connectivity index (χ1n) is 30.9. The molecule has 0 saturated heterocycles. The van der Waals surface area contributed by atoms with Gasteiger partial charge in [0.25, 0.3) is 17.7 Å². The predicted octanol–water partition coefficient (Wildman–Crippen LogP) is 7.67. The zero-order valence-electron chi connectivity index (χ0n) is 53.5. The van der Waals surface area contributed by atoms with Gasteiger partial charge < -0.3 is 72.4 Å². The highest BCUT2D eigenvalue weighted by molar-refractivity contribution is 6.13. The minimum absolute atomic E-state index is 0.0303. The molecular weight excluding hydrogens is 1150 g/mol. The fourth-order valence-electron chi connectivity index (χ4n) is 8.87. The second-order valence-corrected chi connectivity index (χ2v) is 21.2. The smallest absolute Gasteiger partial charge is 0.260 e. The fraction of sp³-hybridized carbons (Fsp3) is 0.591. The van der Waals surface area contributed by atoms with E-state index in [9.17, 15) is 28.8 Å². The molecule has 0 spiro atoms. The summed E-state index contributed by atoms with van der Waals surface area (Å²) < 4.78 is 67.9. The lowest BCUT2D eigenvalue weighted by Crippen LogP contribution is -2.35. The molecule has 2 N–H and O–H groups in total. The first-order chi connectivity index (χ1) is 43.1. The van der Waals surface area contributed by atoms with Crippen LogP contribution in [0.1, 0.15) is 112 Å². The van der Waals surface area contributed by atoms with Gasteiger partial charge in [0.2, 0.25) is 11.8 Å². The number of amides is 5. The Hall–Kier alpha value is -6.83. The highest BCUT2D eigenvalue weighted by atomic mass is 16.6. The van der Waals surface area contributed by atoms with Crippen LogP contribution in [0.5, 0.6) is 23.0 Å². The van der Waals surface area contributed by atoms with Crippen LogP contribution in [-0.2, 0) is 57.1 Å². The Bertz CT molecular complexity index is 2620. The molecule has 3 aliphatic rings. The van der Waals surface area contributed by atoms with Gasteiger partial charge in [-0.15, -0.1) is 6.58 Å². The lowest BCUT2D eigenvalue weighted by Gasteiger charge is -2.19. The Kier molecular flexibility index (Phi) is 37.4. The van der Waals surface area contributed by atoms with Crippen molar-refractivity contribution < 1.29 is 85.6 Å². The van der Waals surface area contributed by atoms with Gasteiger partial charge in [-0.2, -0.15) is 0 Å². The molecular formula is C66H97N5O18. The molecule has 5 rings (SSSR count). The molecule has 3 heterocycles. The third kappa shape index (κ3) is 30.0. The normalized spacial score (nSPS) is 14.6. The minimum atomic E-state index is -0.408. The van der Waals surface area contributed by atoms with E-state index in [-0.39, 0.29) is 62.1 Å². The van der Waals surface area contributed by atoms with Gasteiger partial charge in [-0.05, 0) is 103 Å². The number of aryl methyl sites for hydroxylation is 1. The number of allylic oxidation sites excluding steroid dienone is 3. The van der Waals surface area contributed by atoms with Crippen LogP contribution in [0.25, 0.3) is 0 Å². The molecule has 0 aromatic heterocycles. The SMILES string of the molecule is C=CC(C)C/C(C)=C\C.COc1cc(C(C)=O)c(C)cc1OCCCCCOc1cc2c(cc1OCCCNC(=O)CCOCCOCCOCCOCCOCCOCCOCCOCCNC(=O)CCN1C(=O)C=CC1=O)C(=O)N1C=C(C)CC1C=N2. The molecule has 2 aromatic rings. The number of hydrogen-bond acceptors (Lipinski definition) is 19. The summed E-state index contributed by atoms with van der Waals surface area (Å²) in [5, 5.41) is 5.58. The summed E-state index contributed by atoms with van der Waals surface area (Å²) in [5.41, 5.74) is 4.93. The summed E-state index contributed by atoms with van der Waals surface area (Å²) in [6.07, 6.45) is 15.2. The molecule has 0 aliphatic carbocycles. The number of nitrogens with zero attached hydrogens (tertiary/aromatic N) is 3. The summed E-state index contributed by atoms with van der Waals surface area (Å²) in [6.45, 7) is 23.7. The predicted molar refractivity (Wildman–Crippen MR) is 337 cm³/mol. The summed E-state index contributed by atoms with van der Waals surface area (Å²) in [5.74, 6) is 1.25. The van der Waals surface area contributed by atoms with E-state index in [1.165, 1.54) is 24.6 Å². The van der Waals surface area contributed by atoms with E-state index in [4.69, 9.17) is 56.8 Å². The lowest BCUT2D eigenvalue weighted by atomic mass is 10.0. The number of carbonyl (C=O) groups is 6. The van der Waals surface area contributed by atoms with Gasteiger partial charge in [0.05, 0.1) is 150 Å². The van der Waals surface area contributed by atoms with Crippen LogP contribution >= 0.6 is 0 Å². The van der Waals surface area contributed by atoms with Crippen molar-refractivity contribution in [2.75, 3.05) is 152 Å². The lowest BCUT2D eigenvalue weighted by molar-refractivity contribution is -0.137. The van der Waals surface area contributed by atoms with Crippen LogP contribution in [0.2, 0.25) is 0 Å². The number of hydrogen-bond donors (Lipinski definition) is 2. The zero-order chi connectivity index (χ0) is 64.4. The van der Waals surface area contributed by atoms with Crippen LogP contribution in [0.4, 0.5) is 5.69 Å². The summed E-state index contributed by atoms with van der Waals surface area (Å²) in [7, 11) is 1.55. The van der Waals surface area contributed by atoms with Gasteiger partial charge in [-0.3, -0.25) is 38.7 Å². The number of methoxy groups -OCH3 is 1. The fourth-order valence-corrected chi connectivity index (χ4v) is 8.87. The molecule has 0 radical (unpaired) electrons. The Labute approximate surface area is 525 Å². The number of fused-ring (bicyclic) bond motifs is 2. The van der Waals surface area contributed by atoms with Crippen LogP contribution in [-0.4, -0.2) is 210 Å². The van der Waals surface area contributed by atoms with Gasteiger partial charge in [0.1, 0.15) is 0 Å². The molecule has 89 heavy (non-hydrogen) atoms. The maximum Gasteiger partial charge on any atom is 0.260 e. The Morgan fingerprint density at radius 2 is 1.12 bits per heavy atom.